The predicted octanol–water partition coefficient (Wildman–Crippen LogP) is 3.88. The molecule has 4 rings (SSSR count). The van der Waals surface area contributed by atoms with E-state index >= 15 is 0 Å². The fourth-order valence-corrected chi connectivity index (χ4v) is 5.20. The van der Waals surface area contributed by atoms with Crippen molar-refractivity contribution >= 4 is 5.91 Å². The molecule has 0 unspecified atom stereocenters. The minimum atomic E-state index is 0.131. The van der Waals surface area contributed by atoms with Crippen molar-refractivity contribution < 1.29 is 9.53 Å². The fourth-order valence-electron chi connectivity index (χ4n) is 5.20. The zero-order valence-electron chi connectivity index (χ0n) is 18.1. The molecule has 0 atom stereocenters. The average Bonchev–Trinajstić information content (AvgIpc) is 3.33. The number of nitrogens with zero attached hydrogens (tertiary/aromatic N) is 3. The van der Waals surface area contributed by atoms with E-state index in [1.165, 1.54) is 36.8 Å². The van der Waals surface area contributed by atoms with E-state index in [1.54, 1.807) is 7.11 Å². The number of methoxy groups -OCH3 is 1. The molecule has 0 radical (unpaired) electrons. The van der Waals surface area contributed by atoms with Gasteiger partial charge in [-0.05, 0) is 87.3 Å². The summed E-state index contributed by atoms with van der Waals surface area (Å²) in [6, 6.07) is 6.57. The molecule has 2 saturated carbocycles. The van der Waals surface area contributed by atoms with Crippen molar-refractivity contribution in [2.24, 2.45) is 11.8 Å². The molecule has 7 nitrogen and oxygen atoms in total. The normalized spacial score (nSPS) is 26.9. The van der Waals surface area contributed by atoms with Crippen molar-refractivity contribution in [3.63, 3.8) is 0 Å². The summed E-state index contributed by atoms with van der Waals surface area (Å²) in [5, 5.41) is 17.6. The van der Waals surface area contributed by atoms with E-state index in [4.69, 9.17) is 4.74 Å². The number of hydrogen-bond acceptors (Lipinski definition) is 5. The first-order chi connectivity index (χ1) is 14.6. The maximum atomic E-state index is 12.6. The summed E-state index contributed by atoms with van der Waals surface area (Å²) >= 11 is 0. The van der Waals surface area contributed by atoms with Crippen LogP contribution < -0.4 is 10.1 Å². The van der Waals surface area contributed by atoms with E-state index in [1.807, 2.05) is 0 Å². The molecule has 1 aromatic carbocycles. The van der Waals surface area contributed by atoms with Gasteiger partial charge in [0.1, 0.15) is 5.75 Å². The highest BCUT2D eigenvalue weighted by atomic mass is 16.5. The second-order valence-corrected chi connectivity index (χ2v) is 9.01. The third-order valence-electron chi connectivity index (χ3n) is 7.13. The van der Waals surface area contributed by atoms with Crippen LogP contribution in [0.3, 0.4) is 0 Å². The number of benzene rings is 1. The number of nitrogens with one attached hydrogen (secondary N) is 2. The van der Waals surface area contributed by atoms with E-state index in [9.17, 15) is 4.79 Å². The number of aromatic amines is 1. The molecule has 30 heavy (non-hydrogen) atoms. The van der Waals surface area contributed by atoms with Crippen LogP contribution in [0.4, 0.5) is 0 Å². The predicted molar refractivity (Wildman–Crippen MR) is 114 cm³/mol. The van der Waals surface area contributed by atoms with Crippen LogP contribution in [-0.2, 0) is 4.79 Å². The molecule has 0 aliphatic heterocycles. The fraction of sp³-hybridized carbons (Fsp3) is 0.652. The molecular weight excluding hydrogens is 378 g/mol. The maximum Gasteiger partial charge on any atom is 0.223 e. The van der Waals surface area contributed by atoms with Crippen molar-refractivity contribution in [2.45, 2.75) is 70.1 Å². The van der Waals surface area contributed by atoms with Gasteiger partial charge in [0.2, 0.25) is 5.91 Å². The molecule has 7 heteroatoms. The summed E-state index contributed by atoms with van der Waals surface area (Å²) in [4.78, 5) is 12.6. The highest BCUT2D eigenvalue weighted by Gasteiger charge is 2.30. The Hall–Kier alpha value is -2.44. The smallest absolute Gasteiger partial charge is 0.223 e. The Bertz CT molecular complexity index is 822. The van der Waals surface area contributed by atoms with Gasteiger partial charge < -0.3 is 10.1 Å². The molecule has 2 aromatic rings. The lowest BCUT2D eigenvalue weighted by molar-refractivity contribution is -0.126. The Labute approximate surface area is 178 Å². The Morgan fingerprint density at radius 3 is 2.47 bits per heavy atom. The quantitative estimate of drug-likeness (QED) is 0.752. The van der Waals surface area contributed by atoms with Crippen LogP contribution in [0, 0.1) is 18.8 Å². The molecule has 0 bridgehead atoms. The highest BCUT2D eigenvalue weighted by Crippen LogP contribution is 2.37. The van der Waals surface area contributed by atoms with Crippen molar-refractivity contribution in [1.29, 1.82) is 0 Å². The standard InChI is InChI=1S/C23H33N5O2/c1-15-13-20(11-12-21(15)30-2)17-5-3-16(4-6-17)14-24-23(29)19-9-7-18(8-10-19)22-25-27-28-26-22/h11-13,16-19H,3-10,14H2,1-2H3,(H,24,29)(H,25,26,27,28). The van der Waals surface area contributed by atoms with Crippen LogP contribution >= 0.6 is 0 Å². The Balaban J connectivity index is 1.19. The largest absolute Gasteiger partial charge is 0.496 e. The molecule has 0 saturated heterocycles. The van der Waals surface area contributed by atoms with Crippen LogP contribution in [0.15, 0.2) is 18.2 Å². The van der Waals surface area contributed by atoms with Crippen LogP contribution in [0.25, 0.3) is 0 Å². The molecule has 1 aromatic heterocycles. The molecule has 2 aliphatic rings. The van der Waals surface area contributed by atoms with Gasteiger partial charge in [0.15, 0.2) is 5.82 Å². The summed E-state index contributed by atoms with van der Waals surface area (Å²) in [6.45, 7) is 2.93. The minimum absolute atomic E-state index is 0.131. The Morgan fingerprint density at radius 2 is 1.83 bits per heavy atom. The molecule has 2 fully saturated rings. The van der Waals surface area contributed by atoms with Gasteiger partial charge in [0.05, 0.1) is 7.11 Å². The lowest BCUT2D eigenvalue weighted by Gasteiger charge is -2.30. The Morgan fingerprint density at radius 1 is 1.10 bits per heavy atom. The molecule has 0 spiro atoms. The summed E-state index contributed by atoms with van der Waals surface area (Å²) < 4.78 is 5.38. The van der Waals surface area contributed by atoms with Crippen LogP contribution in [0.5, 0.6) is 5.75 Å². The number of ether oxygens (including phenoxy) is 1. The molecule has 1 heterocycles. The number of aromatic nitrogens is 4. The number of hydrogen-bond donors (Lipinski definition) is 2. The first-order valence-corrected chi connectivity index (χ1v) is 11.3. The van der Waals surface area contributed by atoms with E-state index in [0.29, 0.717) is 17.8 Å². The van der Waals surface area contributed by atoms with Crippen molar-refractivity contribution in [2.75, 3.05) is 13.7 Å². The third kappa shape index (κ3) is 4.82. The Kier molecular flexibility index (Phi) is 6.65. The molecule has 2 N–H and O–H groups in total. The van der Waals surface area contributed by atoms with Gasteiger partial charge in [-0.2, -0.15) is 5.21 Å². The number of rotatable bonds is 6. The lowest BCUT2D eigenvalue weighted by Crippen LogP contribution is -2.36. The van der Waals surface area contributed by atoms with Gasteiger partial charge in [-0.1, -0.05) is 17.3 Å². The summed E-state index contributed by atoms with van der Waals surface area (Å²) in [6.07, 6.45) is 8.50. The highest BCUT2D eigenvalue weighted by molar-refractivity contribution is 5.78. The van der Waals surface area contributed by atoms with Crippen molar-refractivity contribution in [3.8, 4) is 5.75 Å². The number of aryl methyl sites for hydroxylation is 1. The molecular formula is C23H33N5O2. The topological polar surface area (TPSA) is 92.8 Å². The van der Waals surface area contributed by atoms with Gasteiger partial charge in [0, 0.05) is 18.4 Å². The number of tetrazole rings is 1. The number of H-pyrrole nitrogens is 1. The number of amides is 1. The summed E-state index contributed by atoms with van der Waals surface area (Å²) in [5.74, 6) is 3.67. The van der Waals surface area contributed by atoms with Crippen LogP contribution in [0.1, 0.15) is 80.2 Å². The van der Waals surface area contributed by atoms with E-state index in [0.717, 1.165) is 43.8 Å². The second kappa shape index (κ2) is 9.58. The van der Waals surface area contributed by atoms with Crippen LogP contribution in [-0.4, -0.2) is 40.2 Å². The zero-order chi connectivity index (χ0) is 20.9. The third-order valence-corrected chi connectivity index (χ3v) is 7.13. The SMILES string of the molecule is COc1ccc(C2CCC(CNC(=O)C3CCC(c4nn[nH]n4)CC3)CC2)cc1C. The lowest BCUT2D eigenvalue weighted by atomic mass is 9.78. The first kappa shape index (κ1) is 20.8. The van der Waals surface area contributed by atoms with Crippen molar-refractivity contribution in [1.82, 2.24) is 25.9 Å². The van der Waals surface area contributed by atoms with Crippen molar-refractivity contribution in [3.05, 3.63) is 35.2 Å². The van der Waals surface area contributed by atoms with Gasteiger partial charge in [-0.25, -0.2) is 0 Å². The van der Waals surface area contributed by atoms with Gasteiger partial charge >= 0.3 is 0 Å². The summed E-state index contributed by atoms with van der Waals surface area (Å²) in [7, 11) is 1.72. The van der Waals surface area contributed by atoms with Gasteiger partial charge in [-0.15, -0.1) is 10.2 Å². The van der Waals surface area contributed by atoms with E-state index in [2.05, 4.69) is 51.1 Å². The average molecular weight is 412 g/mol. The number of carbonyl (C=O) groups excluding carboxylic acids is 1. The first-order valence-electron chi connectivity index (χ1n) is 11.3. The van der Waals surface area contributed by atoms with Crippen LogP contribution in [0.2, 0.25) is 0 Å². The van der Waals surface area contributed by atoms with E-state index < -0.39 is 0 Å². The zero-order valence-corrected chi connectivity index (χ0v) is 18.1. The van der Waals surface area contributed by atoms with E-state index in [-0.39, 0.29) is 11.8 Å². The monoisotopic (exact) mass is 411 g/mol. The maximum absolute atomic E-state index is 12.6. The number of carbonyl (C=O) groups is 1. The second-order valence-electron chi connectivity index (χ2n) is 9.01. The molecule has 2 aliphatic carbocycles. The molecule has 1 amide bonds. The van der Waals surface area contributed by atoms with Gasteiger partial charge in [-0.3, -0.25) is 4.79 Å². The summed E-state index contributed by atoms with van der Waals surface area (Å²) in [5.41, 5.74) is 2.63. The van der Waals surface area contributed by atoms with Gasteiger partial charge in [0.25, 0.3) is 0 Å². The molecule has 162 valence electrons. The minimum Gasteiger partial charge on any atom is -0.496 e.